The van der Waals surface area contributed by atoms with Crippen LogP contribution in [0.1, 0.15) is 111 Å². The van der Waals surface area contributed by atoms with E-state index in [1.165, 1.54) is 41.3 Å². The highest BCUT2D eigenvalue weighted by Crippen LogP contribution is 2.29. The van der Waals surface area contributed by atoms with Gasteiger partial charge in [0.25, 0.3) is 23.6 Å². The molecule has 17 nitrogen and oxygen atoms in total. The summed E-state index contributed by atoms with van der Waals surface area (Å²) in [4.78, 5) is 70.7. The zero-order chi connectivity index (χ0) is 77.5. The first-order chi connectivity index (χ1) is 50.5. The van der Waals surface area contributed by atoms with Crippen LogP contribution in [0.5, 0.6) is 0 Å². The average molecular weight is 1560 g/mol. The van der Waals surface area contributed by atoms with Gasteiger partial charge in [-0.2, -0.15) is 5.10 Å². The molecular weight excluding hydrogens is 1460 g/mol. The number of hydrogen-bond acceptors (Lipinski definition) is 12. The minimum absolute atomic E-state index is 0.00865. The summed E-state index contributed by atoms with van der Waals surface area (Å²) in [7, 11) is -7.94. The first kappa shape index (κ1) is 82.8. The number of carbonyl (C=O) groups is 4. The minimum Gasteiger partial charge on any atom is -0.335 e. The lowest BCUT2D eigenvalue weighted by atomic mass is 10.0. The van der Waals surface area contributed by atoms with Gasteiger partial charge in [-0.1, -0.05) is 24.3 Å². The van der Waals surface area contributed by atoms with E-state index in [1.807, 2.05) is 32.9 Å². The van der Waals surface area contributed by atoms with E-state index in [0.29, 0.717) is 146 Å². The summed E-state index contributed by atoms with van der Waals surface area (Å²) in [6.07, 6.45) is 11.5. The Balaban J connectivity index is 0.000000165. The van der Waals surface area contributed by atoms with E-state index in [4.69, 9.17) is 0 Å². The monoisotopic (exact) mass is 1560 g/mol. The van der Waals surface area contributed by atoms with Crippen LogP contribution in [-0.2, 0) is 78.6 Å². The number of H-pyrrole nitrogens is 1. The van der Waals surface area contributed by atoms with Crippen molar-refractivity contribution in [2.45, 2.75) is 105 Å². The number of aryl methyl sites for hydroxylation is 1. The molecule has 28 heteroatoms. The van der Waals surface area contributed by atoms with Crippen molar-refractivity contribution in [2.24, 2.45) is 38.6 Å². The standard InChI is InChI=1S/2C20H24F2N2O2S.C20H25FN2O2S.C19H23F2N3O2S/c1-14-7-17(11-23-14)20(25)24(5-3-15-4-6-27(2,26)13-15)12-16-8-18(21)10-19(22)9-16;1-14-9-16(11-23-14)20(25)24(7-5-15-6-8-27(2,26)13-15)12-17-10-18(21)3-4-19(17)22;1-15-10-18(12-22-15)20(24)23(13-17-4-3-5-19(21)11-17)8-6-16-7-9-26(2,25)14-16;1-13-10-17(23-22-13)19(25)24(8-6-14-7-9-27(2,26)12-14)11-15-4-3-5-16(20)18(15)21/h7-10,15H,2-6,11-13H2,1H3;3-4,9-10,15H,2,5-8,11-13H2,1H3;3-5,10-11,16H,2,6-9,12-14H2,1H3;3-5,10,14H,2,6-9,11-12H2,1H3,(H,22,23). The molecule has 107 heavy (non-hydrogen) atoms. The van der Waals surface area contributed by atoms with E-state index in [9.17, 15) is 66.7 Å². The third-order valence-electron chi connectivity index (χ3n) is 19.8. The molecule has 1 N–H and O–H groups in total. The maximum absolute atomic E-state index is 14.1. The first-order valence-electron chi connectivity index (χ1n) is 35.7. The Morgan fingerprint density at radius 2 is 0.813 bits per heavy atom. The molecule has 578 valence electrons. The van der Waals surface area contributed by atoms with Crippen molar-refractivity contribution in [3.8, 4) is 0 Å². The van der Waals surface area contributed by atoms with Gasteiger partial charge in [0.2, 0.25) is 0 Å². The highest BCUT2D eigenvalue weighted by atomic mass is 32.2. The van der Waals surface area contributed by atoms with Gasteiger partial charge in [0.15, 0.2) is 11.6 Å². The van der Waals surface area contributed by atoms with Crippen molar-refractivity contribution in [2.75, 3.05) is 91.8 Å². The minimum atomic E-state index is -2.01. The fraction of sp³-hybridized carbons (Fsp3) is 0.443. The van der Waals surface area contributed by atoms with Gasteiger partial charge in [-0.05, 0) is 248 Å². The van der Waals surface area contributed by atoms with Gasteiger partial charge < -0.3 is 19.6 Å². The van der Waals surface area contributed by atoms with E-state index in [0.717, 1.165) is 90.8 Å². The van der Waals surface area contributed by atoms with Gasteiger partial charge in [0.1, 0.15) is 34.8 Å². The van der Waals surface area contributed by atoms with Crippen molar-refractivity contribution >= 4 is 102 Å². The van der Waals surface area contributed by atoms with E-state index in [2.05, 4.69) is 48.7 Å². The molecule has 0 spiro atoms. The second-order valence-electron chi connectivity index (χ2n) is 29.2. The zero-order valence-corrected chi connectivity index (χ0v) is 64.4. The van der Waals surface area contributed by atoms with Gasteiger partial charge in [-0.25, -0.2) is 30.7 Å². The molecule has 4 saturated heterocycles. The number of aromatic nitrogens is 2. The number of halogens is 7. The quantitative estimate of drug-likeness (QED) is 0.0459. The molecule has 12 rings (SSSR count). The molecule has 0 saturated carbocycles. The number of nitrogens with one attached hydrogen (secondary N) is 1. The maximum Gasteiger partial charge on any atom is 0.274 e. The molecule has 5 aromatic rings. The van der Waals surface area contributed by atoms with Gasteiger partial charge in [0, 0.05) is 155 Å². The molecule has 0 radical (unpaired) electrons. The Kier molecular flexibility index (Phi) is 28.5. The molecule has 8 atom stereocenters. The second kappa shape index (κ2) is 36.8. The van der Waals surface area contributed by atoms with E-state index >= 15 is 0 Å². The molecule has 4 fully saturated rings. The Labute approximate surface area is 625 Å². The van der Waals surface area contributed by atoms with Gasteiger partial charge in [0.05, 0.1) is 19.6 Å². The Morgan fingerprint density at radius 3 is 1.20 bits per heavy atom. The maximum atomic E-state index is 14.1. The van der Waals surface area contributed by atoms with E-state index in [1.54, 1.807) is 45.9 Å². The summed E-state index contributed by atoms with van der Waals surface area (Å²) < 4.78 is 144. The third kappa shape index (κ3) is 25.2. The summed E-state index contributed by atoms with van der Waals surface area (Å²) in [5.41, 5.74) is 6.64. The predicted molar refractivity (Wildman–Crippen MR) is 419 cm³/mol. The highest BCUT2D eigenvalue weighted by molar-refractivity contribution is 8.01. The largest absolute Gasteiger partial charge is 0.335 e. The Hall–Kier alpha value is -8.21. The van der Waals surface area contributed by atoms with Crippen LogP contribution >= 0.6 is 0 Å². The molecule has 4 aromatic carbocycles. The van der Waals surface area contributed by atoms with Crippen molar-refractivity contribution < 1.29 is 66.7 Å². The highest BCUT2D eigenvalue weighted by Gasteiger charge is 2.32. The number of carbonyl (C=O) groups excluding carboxylic acids is 4. The lowest BCUT2D eigenvalue weighted by Crippen LogP contribution is -2.34. The van der Waals surface area contributed by atoms with Crippen LogP contribution in [-0.4, -0.2) is 203 Å². The lowest BCUT2D eigenvalue weighted by Gasteiger charge is -2.25. The van der Waals surface area contributed by atoms with E-state index in [-0.39, 0.29) is 83.7 Å². The summed E-state index contributed by atoms with van der Waals surface area (Å²) in [5, 5.41) is 6.70. The fourth-order valence-electron chi connectivity index (χ4n) is 14.1. The topological polar surface area (TPSA) is 215 Å². The molecule has 7 aliphatic rings. The normalized spacial score (nSPS) is 24.1. The van der Waals surface area contributed by atoms with Gasteiger partial charge in [-0.3, -0.25) is 56.1 Å². The predicted octanol–water partition coefficient (Wildman–Crippen LogP) is 11.1. The van der Waals surface area contributed by atoms with Crippen molar-refractivity contribution in [3.05, 3.63) is 194 Å². The van der Waals surface area contributed by atoms with Crippen molar-refractivity contribution in [1.82, 2.24) is 29.8 Å². The number of aromatic amines is 1. The number of rotatable bonds is 24. The van der Waals surface area contributed by atoms with Crippen LogP contribution in [0, 0.1) is 71.3 Å². The molecule has 8 unspecified atom stereocenters. The number of amides is 4. The molecule has 0 bridgehead atoms. The summed E-state index contributed by atoms with van der Waals surface area (Å²) in [6.45, 7) is 10.5. The Bertz CT molecular complexity index is 4780. The van der Waals surface area contributed by atoms with Crippen molar-refractivity contribution in [3.63, 3.8) is 0 Å². The first-order valence-corrected chi connectivity index (χ1v) is 44.0. The summed E-state index contributed by atoms with van der Waals surface area (Å²) in [6, 6.07) is 18.5. The van der Waals surface area contributed by atoms with Crippen molar-refractivity contribution in [1.29, 1.82) is 0 Å². The molecular formula is C79H96F7N9O8S4. The zero-order valence-electron chi connectivity index (χ0n) is 61.2. The van der Waals surface area contributed by atoms with Crippen LogP contribution in [0.4, 0.5) is 30.7 Å². The smallest absolute Gasteiger partial charge is 0.274 e. The Morgan fingerprint density at radius 1 is 0.430 bits per heavy atom. The van der Waals surface area contributed by atoms with Crippen LogP contribution in [0.3, 0.4) is 0 Å². The number of aliphatic imine (C=N–C) groups is 3. The molecule has 8 heterocycles. The number of nitrogens with zero attached hydrogens (tertiary/aromatic N) is 8. The van der Waals surface area contributed by atoms with E-state index < -0.39 is 73.0 Å². The van der Waals surface area contributed by atoms with Crippen LogP contribution < -0.4 is 0 Å². The summed E-state index contributed by atoms with van der Waals surface area (Å²) >= 11 is 0. The number of hydrogen-bond donors (Lipinski definition) is 1. The summed E-state index contributed by atoms with van der Waals surface area (Å²) in [5.74, 6) is 15.6. The van der Waals surface area contributed by atoms with Gasteiger partial charge >= 0.3 is 0 Å². The average Bonchev–Trinajstić information content (AvgIpc) is 1.81. The molecule has 0 aliphatic carbocycles. The van der Waals surface area contributed by atoms with Crippen LogP contribution in [0.2, 0.25) is 0 Å². The number of benzene rings is 4. The fourth-order valence-corrected chi connectivity index (χ4v) is 22.5. The van der Waals surface area contributed by atoms with Gasteiger partial charge in [-0.15, -0.1) is 0 Å². The second-order valence-corrected chi connectivity index (χ2v) is 39.9. The third-order valence-corrected chi connectivity index (χ3v) is 28.1. The molecule has 7 aliphatic heterocycles. The van der Waals surface area contributed by atoms with Crippen LogP contribution in [0.15, 0.2) is 135 Å². The van der Waals surface area contributed by atoms with Crippen LogP contribution in [0.25, 0.3) is 0 Å². The number of allylic oxidation sites excluding steroid dienone is 3. The SMILES string of the molecule is C=S1(=O)CCC(CCN(Cc2cc(F)cc(F)c2)C(=O)C2=CC(C)=NC2)C1.C=S1(=O)CCC(CCN(Cc2cc(F)ccc2F)C(=O)C2=CC(C)=NC2)C1.C=S1(=O)CCC(CCN(Cc2cccc(F)c2)C(=O)C2=CC(C)=NC2)C1.C=S1(=O)CCC(CCN(Cc2cccc(F)c2F)C(=O)c2cc(C)[nH]n2)C1. The lowest BCUT2D eigenvalue weighted by molar-refractivity contribution is -0.128. The molecule has 1 aromatic heterocycles. The molecule has 4 amide bonds.